The van der Waals surface area contributed by atoms with Gasteiger partial charge < -0.3 is 15.0 Å². The van der Waals surface area contributed by atoms with Gasteiger partial charge in [0.1, 0.15) is 12.4 Å². The number of rotatable bonds is 5. The molecule has 0 radical (unpaired) electrons. The maximum absolute atomic E-state index is 12.2. The Morgan fingerprint density at radius 2 is 2.00 bits per heavy atom. The fourth-order valence-electron chi connectivity index (χ4n) is 2.71. The summed E-state index contributed by atoms with van der Waals surface area (Å²) < 4.78 is 6.08. The van der Waals surface area contributed by atoms with Crippen molar-refractivity contribution in [2.45, 2.75) is 19.4 Å². The third-order valence-corrected chi connectivity index (χ3v) is 4.81. The van der Waals surface area contributed by atoms with E-state index in [1.165, 1.54) is 0 Å². The molecule has 1 aromatic carbocycles. The van der Waals surface area contributed by atoms with E-state index in [1.807, 2.05) is 42.5 Å². The Morgan fingerprint density at radius 3 is 2.70 bits per heavy atom. The number of aromatic nitrogens is 1. The number of nitrogens with one attached hydrogen (secondary N) is 1. The molecule has 2 amide bonds. The standard InChI is InChI=1S/C20H20BrN3O3/c21-17-7-4-10-22-19(17)23-18(25)13-15-8-11-24(12-9-15)20(26)27-14-16-5-2-1-3-6-16/h1-8,10H,9,11-14H2,(H,22,23,25). The van der Waals surface area contributed by atoms with Crippen molar-refractivity contribution in [2.75, 3.05) is 18.4 Å². The van der Waals surface area contributed by atoms with Crippen molar-refractivity contribution in [2.24, 2.45) is 0 Å². The van der Waals surface area contributed by atoms with Crippen LogP contribution in [0.15, 0.2) is 64.8 Å². The first-order valence-electron chi connectivity index (χ1n) is 8.66. The van der Waals surface area contributed by atoms with E-state index in [0.717, 1.165) is 15.6 Å². The molecule has 0 spiro atoms. The van der Waals surface area contributed by atoms with Gasteiger partial charge in [0.25, 0.3) is 0 Å². The summed E-state index contributed by atoms with van der Waals surface area (Å²) >= 11 is 3.36. The number of halogens is 1. The van der Waals surface area contributed by atoms with Gasteiger partial charge in [-0.25, -0.2) is 9.78 Å². The second-order valence-corrected chi connectivity index (χ2v) is 7.01. The van der Waals surface area contributed by atoms with Crippen LogP contribution >= 0.6 is 15.9 Å². The quantitative estimate of drug-likeness (QED) is 0.724. The van der Waals surface area contributed by atoms with Crippen molar-refractivity contribution in [1.82, 2.24) is 9.88 Å². The number of carbonyl (C=O) groups excluding carboxylic acids is 2. The summed E-state index contributed by atoms with van der Waals surface area (Å²) in [7, 11) is 0. The van der Waals surface area contributed by atoms with Crippen molar-refractivity contribution in [3.63, 3.8) is 0 Å². The highest BCUT2D eigenvalue weighted by Gasteiger charge is 2.20. The largest absolute Gasteiger partial charge is 0.445 e. The summed E-state index contributed by atoms with van der Waals surface area (Å²) in [5.74, 6) is 0.380. The molecule has 0 bridgehead atoms. The number of anilines is 1. The fourth-order valence-corrected chi connectivity index (χ4v) is 3.06. The number of hydrogen-bond acceptors (Lipinski definition) is 4. The average molecular weight is 430 g/mol. The van der Waals surface area contributed by atoms with Gasteiger partial charge in [0.15, 0.2) is 0 Å². The minimum Gasteiger partial charge on any atom is -0.445 e. The van der Waals surface area contributed by atoms with Crippen LogP contribution in [0.3, 0.4) is 0 Å². The van der Waals surface area contributed by atoms with Crippen LogP contribution in [0, 0.1) is 0 Å². The number of amides is 2. The zero-order chi connectivity index (χ0) is 19.1. The zero-order valence-electron chi connectivity index (χ0n) is 14.7. The van der Waals surface area contributed by atoms with E-state index in [2.05, 4.69) is 26.2 Å². The van der Waals surface area contributed by atoms with Gasteiger partial charge in [0.05, 0.1) is 4.47 Å². The van der Waals surface area contributed by atoms with E-state index < -0.39 is 0 Å². The first-order chi connectivity index (χ1) is 13.1. The molecule has 1 N–H and O–H groups in total. The van der Waals surface area contributed by atoms with Crippen molar-refractivity contribution in [1.29, 1.82) is 0 Å². The van der Waals surface area contributed by atoms with Gasteiger partial charge in [-0.15, -0.1) is 0 Å². The molecule has 3 rings (SSSR count). The third kappa shape index (κ3) is 5.65. The van der Waals surface area contributed by atoms with Crippen LogP contribution in [0.1, 0.15) is 18.4 Å². The van der Waals surface area contributed by atoms with Gasteiger partial charge in [0, 0.05) is 25.7 Å². The lowest BCUT2D eigenvalue weighted by Crippen LogP contribution is -2.35. The molecular weight excluding hydrogens is 410 g/mol. The number of carbonyl (C=O) groups is 2. The van der Waals surface area contributed by atoms with Gasteiger partial charge in [-0.05, 0) is 40.0 Å². The predicted molar refractivity (Wildman–Crippen MR) is 106 cm³/mol. The molecule has 0 fully saturated rings. The predicted octanol–water partition coefficient (Wildman–Crippen LogP) is 4.14. The Balaban J connectivity index is 1.45. The Kier molecular flexibility index (Phi) is 6.59. The van der Waals surface area contributed by atoms with Crippen molar-refractivity contribution in [3.05, 3.63) is 70.3 Å². The number of nitrogens with zero attached hydrogens (tertiary/aromatic N) is 2. The van der Waals surface area contributed by atoms with Gasteiger partial charge in [-0.2, -0.15) is 0 Å². The van der Waals surface area contributed by atoms with Gasteiger partial charge in [-0.1, -0.05) is 42.0 Å². The smallest absolute Gasteiger partial charge is 0.410 e. The van der Waals surface area contributed by atoms with Crippen LogP contribution in [0.25, 0.3) is 0 Å². The molecule has 7 heteroatoms. The highest BCUT2D eigenvalue weighted by molar-refractivity contribution is 9.10. The second kappa shape index (κ2) is 9.32. The minimum atomic E-state index is -0.337. The topological polar surface area (TPSA) is 71.5 Å². The lowest BCUT2D eigenvalue weighted by atomic mass is 10.0. The number of pyridine rings is 1. The molecule has 6 nitrogen and oxygen atoms in total. The molecule has 0 saturated heterocycles. The van der Waals surface area contributed by atoms with E-state index in [0.29, 0.717) is 25.3 Å². The Hall–Kier alpha value is -2.67. The van der Waals surface area contributed by atoms with Crippen LogP contribution in [0.5, 0.6) is 0 Å². The van der Waals surface area contributed by atoms with E-state index in [1.54, 1.807) is 17.2 Å². The van der Waals surface area contributed by atoms with Gasteiger partial charge in [0.2, 0.25) is 5.91 Å². The zero-order valence-corrected chi connectivity index (χ0v) is 16.3. The molecule has 0 aliphatic carbocycles. The fraction of sp³-hybridized carbons (Fsp3) is 0.250. The second-order valence-electron chi connectivity index (χ2n) is 6.16. The summed E-state index contributed by atoms with van der Waals surface area (Å²) in [6.45, 7) is 1.25. The van der Waals surface area contributed by atoms with Crippen molar-refractivity contribution in [3.8, 4) is 0 Å². The normalized spacial score (nSPS) is 13.7. The monoisotopic (exact) mass is 429 g/mol. The highest BCUT2D eigenvalue weighted by atomic mass is 79.9. The van der Waals surface area contributed by atoms with Crippen molar-refractivity contribution >= 4 is 33.7 Å². The molecule has 27 heavy (non-hydrogen) atoms. The van der Waals surface area contributed by atoms with Crippen molar-refractivity contribution < 1.29 is 14.3 Å². The molecule has 1 aromatic heterocycles. The van der Waals surface area contributed by atoms with Gasteiger partial charge >= 0.3 is 6.09 Å². The molecule has 1 aliphatic heterocycles. The average Bonchev–Trinajstić information content (AvgIpc) is 2.69. The summed E-state index contributed by atoms with van der Waals surface area (Å²) in [6, 6.07) is 13.2. The first kappa shape index (κ1) is 19.1. The van der Waals surface area contributed by atoms with E-state index >= 15 is 0 Å². The summed E-state index contributed by atoms with van der Waals surface area (Å²) in [6.07, 6.45) is 4.14. The van der Waals surface area contributed by atoms with E-state index in [-0.39, 0.29) is 25.0 Å². The summed E-state index contributed by atoms with van der Waals surface area (Å²) in [5.41, 5.74) is 1.96. The Morgan fingerprint density at radius 1 is 1.19 bits per heavy atom. The first-order valence-corrected chi connectivity index (χ1v) is 9.45. The Bertz CT molecular complexity index is 839. The Labute approximate surface area is 166 Å². The van der Waals surface area contributed by atoms with Crippen LogP contribution in [-0.2, 0) is 16.1 Å². The molecular formula is C20H20BrN3O3. The lowest BCUT2D eigenvalue weighted by Gasteiger charge is -2.25. The highest BCUT2D eigenvalue weighted by Crippen LogP contribution is 2.20. The molecule has 140 valence electrons. The number of benzene rings is 1. The van der Waals surface area contributed by atoms with E-state index in [9.17, 15) is 9.59 Å². The van der Waals surface area contributed by atoms with Crippen LogP contribution in [0.2, 0.25) is 0 Å². The maximum atomic E-state index is 12.2. The third-order valence-electron chi connectivity index (χ3n) is 4.17. The summed E-state index contributed by atoms with van der Waals surface area (Å²) in [5, 5.41) is 2.79. The molecule has 2 aromatic rings. The minimum absolute atomic E-state index is 0.124. The molecule has 0 atom stereocenters. The SMILES string of the molecule is O=C(CC1=CCN(C(=O)OCc2ccccc2)CC1)Nc1ncccc1Br. The number of ether oxygens (including phenoxy) is 1. The van der Waals surface area contributed by atoms with Crippen LogP contribution < -0.4 is 5.32 Å². The molecule has 0 saturated carbocycles. The van der Waals surface area contributed by atoms with Crippen LogP contribution in [0.4, 0.5) is 10.6 Å². The maximum Gasteiger partial charge on any atom is 0.410 e. The molecule has 2 heterocycles. The summed E-state index contributed by atoms with van der Waals surface area (Å²) in [4.78, 5) is 30.1. The molecule has 1 aliphatic rings. The number of hydrogen-bond donors (Lipinski definition) is 1. The molecule has 0 unspecified atom stereocenters. The van der Waals surface area contributed by atoms with Gasteiger partial charge in [-0.3, -0.25) is 4.79 Å². The van der Waals surface area contributed by atoms with E-state index in [4.69, 9.17) is 4.74 Å². The van der Waals surface area contributed by atoms with Crippen LogP contribution in [-0.4, -0.2) is 35.0 Å². The lowest BCUT2D eigenvalue weighted by molar-refractivity contribution is -0.115.